The lowest BCUT2D eigenvalue weighted by molar-refractivity contribution is -0.294. The summed E-state index contributed by atoms with van der Waals surface area (Å²) in [6, 6.07) is -2.89. The zero-order valence-electron chi connectivity index (χ0n) is 10.7. The van der Waals surface area contributed by atoms with Crippen molar-refractivity contribution in [3.63, 3.8) is 0 Å². The molecule has 0 heterocycles. The maximum absolute atomic E-state index is 13.5. The van der Waals surface area contributed by atoms with Gasteiger partial charge in [0.25, 0.3) is 0 Å². The highest BCUT2D eigenvalue weighted by Crippen LogP contribution is 2.45. The van der Waals surface area contributed by atoms with Crippen LogP contribution in [0.5, 0.6) is 0 Å². The molecule has 0 aliphatic heterocycles. The molecule has 0 aliphatic rings. The SMILES string of the molecule is CCCNC(c1c(F)cc(F)cc1F)C(F)(F)C(F)(F)F. The first kappa shape index (κ1) is 17.7. The zero-order valence-corrected chi connectivity index (χ0v) is 10.7. The number of halogens is 8. The van der Waals surface area contributed by atoms with Crippen LogP contribution in [0, 0.1) is 17.5 Å². The molecule has 0 saturated carbocycles. The number of hydrogen-bond acceptors (Lipinski definition) is 1. The van der Waals surface area contributed by atoms with Gasteiger partial charge in [-0.3, -0.25) is 0 Å². The van der Waals surface area contributed by atoms with Crippen molar-refractivity contribution in [2.75, 3.05) is 6.54 Å². The van der Waals surface area contributed by atoms with E-state index in [9.17, 15) is 35.1 Å². The Morgan fingerprint density at radius 2 is 1.48 bits per heavy atom. The molecule has 120 valence electrons. The molecule has 9 heteroatoms. The fourth-order valence-corrected chi connectivity index (χ4v) is 1.69. The number of alkyl halides is 5. The molecule has 0 amide bonds. The van der Waals surface area contributed by atoms with Crippen LogP contribution in [0.2, 0.25) is 0 Å². The summed E-state index contributed by atoms with van der Waals surface area (Å²) in [5.41, 5.74) is -1.55. The van der Waals surface area contributed by atoms with Crippen molar-refractivity contribution in [3.05, 3.63) is 35.1 Å². The van der Waals surface area contributed by atoms with Gasteiger partial charge in [0.05, 0.1) is 0 Å². The van der Waals surface area contributed by atoms with Crippen LogP contribution in [0.3, 0.4) is 0 Å². The van der Waals surface area contributed by atoms with Gasteiger partial charge in [-0.2, -0.15) is 22.0 Å². The molecule has 1 rings (SSSR count). The van der Waals surface area contributed by atoms with Crippen LogP contribution >= 0.6 is 0 Å². The van der Waals surface area contributed by atoms with Gasteiger partial charge < -0.3 is 5.32 Å². The lowest BCUT2D eigenvalue weighted by atomic mass is 9.98. The van der Waals surface area contributed by atoms with E-state index in [1.54, 1.807) is 5.32 Å². The van der Waals surface area contributed by atoms with Gasteiger partial charge in [0.15, 0.2) is 0 Å². The third-order valence-corrected chi connectivity index (χ3v) is 2.67. The Hall–Kier alpha value is -1.38. The van der Waals surface area contributed by atoms with E-state index < -0.39 is 41.2 Å². The van der Waals surface area contributed by atoms with Gasteiger partial charge in [-0.15, -0.1) is 0 Å². The van der Waals surface area contributed by atoms with E-state index in [1.807, 2.05) is 0 Å². The van der Waals surface area contributed by atoms with Crippen molar-refractivity contribution in [3.8, 4) is 0 Å². The second-order valence-electron chi connectivity index (χ2n) is 4.29. The van der Waals surface area contributed by atoms with Crippen LogP contribution in [0.1, 0.15) is 24.9 Å². The summed E-state index contributed by atoms with van der Waals surface area (Å²) in [6.45, 7) is 1.12. The van der Waals surface area contributed by atoms with Gasteiger partial charge in [-0.25, -0.2) is 13.2 Å². The Bertz CT molecular complexity index is 474. The monoisotopic (exact) mass is 321 g/mol. The number of rotatable bonds is 5. The predicted octanol–water partition coefficient (Wildman–Crippen LogP) is 4.34. The molecule has 0 aliphatic carbocycles. The molecule has 1 nitrogen and oxygen atoms in total. The maximum atomic E-state index is 13.5. The molecule has 21 heavy (non-hydrogen) atoms. The van der Waals surface area contributed by atoms with E-state index in [0.29, 0.717) is 0 Å². The van der Waals surface area contributed by atoms with E-state index in [4.69, 9.17) is 0 Å². The lowest BCUT2D eigenvalue weighted by Gasteiger charge is -2.30. The molecular weight excluding hydrogens is 310 g/mol. The van der Waals surface area contributed by atoms with E-state index in [0.717, 1.165) is 0 Å². The predicted molar refractivity (Wildman–Crippen MR) is 58.4 cm³/mol. The quantitative estimate of drug-likeness (QED) is 0.796. The normalized spacial score (nSPS) is 14.3. The van der Waals surface area contributed by atoms with Gasteiger partial charge in [-0.05, 0) is 13.0 Å². The summed E-state index contributed by atoms with van der Waals surface area (Å²) in [4.78, 5) is 0. The maximum Gasteiger partial charge on any atom is 0.455 e. The number of benzene rings is 1. The topological polar surface area (TPSA) is 12.0 Å². The van der Waals surface area contributed by atoms with Gasteiger partial charge in [0, 0.05) is 17.7 Å². The fourth-order valence-electron chi connectivity index (χ4n) is 1.69. The van der Waals surface area contributed by atoms with E-state index in [2.05, 4.69) is 0 Å². The Balaban J connectivity index is 3.40. The largest absolute Gasteiger partial charge is 0.455 e. The zero-order chi connectivity index (χ0) is 16.4. The van der Waals surface area contributed by atoms with Gasteiger partial charge in [-0.1, -0.05) is 6.92 Å². The van der Waals surface area contributed by atoms with Gasteiger partial charge >= 0.3 is 12.1 Å². The standard InChI is InChI=1S/C12H11F8N/c1-2-3-21-10(11(16,17)12(18,19)20)9-7(14)4-6(13)5-8(9)15/h4-5,10,21H,2-3H2,1H3. The summed E-state index contributed by atoms with van der Waals surface area (Å²) in [5.74, 6) is -10.5. The molecule has 0 aromatic heterocycles. The summed E-state index contributed by atoms with van der Waals surface area (Å²) < 4.78 is 104. The summed E-state index contributed by atoms with van der Waals surface area (Å²) >= 11 is 0. The van der Waals surface area contributed by atoms with Crippen molar-refractivity contribution in [2.45, 2.75) is 31.5 Å². The van der Waals surface area contributed by atoms with Crippen molar-refractivity contribution in [1.29, 1.82) is 0 Å². The van der Waals surface area contributed by atoms with E-state index >= 15 is 0 Å². The summed E-state index contributed by atoms with van der Waals surface area (Å²) in [6.07, 6.45) is -5.87. The van der Waals surface area contributed by atoms with E-state index in [-0.39, 0.29) is 25.1 Å². The average molecular weight is 321 g/mol. The molecular formula is C12H11F8N. The van der Waals surface area contributed by atoms with Crippen LogP contribution in [0.4, 0.5) is 35.1 Å². The number of nitrogens with one attached hydrogen (secondary N) is 1. The Morgan fingerprint density at radius 1 is 1.00 bits per heavy atom. The highest BCUT2D eigenvalue weighted by atomic mass is 19.4. The first-order valence-electron chi connectivity index (χ1n) is 5.84. The summed E-state index contributed by atoms with van der Waals surface area (Å²) in [5, 5.41) is 1.76. The second-order valence-corrected chi connectivity index (χ2v) is 4.29. The van der Waals surface area contributed by atoms with Crippen LogP contribution in [-0.4, -0.2) is 18.6 Å². The average Bonchev–Trinajstić information content (AvgIpc) is 2.30. The molecule has 1 N–H and O–H groups in total. The minimum absolute atomic E-state index is 0.0471. The molecule has 1 unspecified atom stereocenters. The van der Waals surface area contributed by atoms with Crippen LogP contribution in [0.15, 0.2) is 12.1 Å². The summed E-state index contributed by atoms with van der Waals surface area (Å²) in [7, 11) is 0. The third-order valence-electron chi connectivity index (χ3n) is 2.67. The van der Waals surface area contributed by atoms with Crippen molar-refractivity contribution in [2.24, 2.45) is 0 Å². The second kappa shape index (κ2) is 6.17. The number of hydrogen-bond donors (Lipinski definition) is 1. The Labute approximate surface area is 114 Å². The molecule has 0 saturated heterocycles. The first-order valence-corrected chi connectivity index (χ1v) is 5.84. The van der Waals surface area contributed by atoms with Gasteiger partial charge in [0.1, 0.15) is 23.5 Å². The Morgan fingerprint density at radius 3 is 1.86 bits per heavy atom. The van der Waals surface area contributed by atoms with Crippen molar-refractivity contribution < 1.29 is 35.1 Å². The Kier molecular flexibility index (Phi) is 5.19. The first-order chi connectivity index (χ1) is 9.52. The fraction of sp³-hybridized carbons (Fsp3) is 0.500. The van der Waals surface area contributed by atoms with Crippen LogP contribution in [-0.2, 0) is 0 Å². The minimum Gasteiger partial charge on any atom is -0.304 e. The highest BCUT2D eigenvalue weighted by Gasteiger charge is 2.63. The molecule has 0 spiro atoms. The third kappa shape index (κ3) is 3.63. The molecule has 1 aromatic rings. The van der Waals surface area contributed by atoms with E-state index in [1.165, 1.54) is 6.92 Å². The van der Waals surface area contributed by atoms with Crippen LogP contribution in [0.25, 0.3) is 0 Å². The van der Waals surface area contributed by atoms with Crippen LogP contribution < -0.4 is 5.32 Å². The molecule has 1 atom stereocenters. The molecule has 0 radical (unpaired) electrons. The van der Waals surface area contributed by atoms with Crippen molar-refractivity contribution >= 4 is 0 Å². The molecule has 0 fully saturated rings. The molecule has 1 aromatic carbocycles. The smallest absolute Gasteiger partial charge is 0.304 e. The molecule has 0 bridgehead atoms. The lowest BCUT2D eigenvalue weighted by Crippen LogP contribution is -2.48. The minimum atomic E-state index is -6.02. The van der Waals surface area contributed by atoms with Crippen molar-refractivity contribution in [1.82, 2.24) is 5.32 Å². The van der Waals surface area contributed by atoms with Gasteiger partial charge in [0.2, 0.25) is 0 Å². The highest BCUT2D eigenvalue weighted by molar-refractivity contribution is 5.27.